The molecule has 1 aromatic heterocycles. The second kappa shape index (κ2) is 4.63. The van der Waals surface area contributed by atoms with Crippen LogP contribution < -0.4 is 0 Å². The van der Waals surface area contributed by atoms with Crippen LogP contribution in [-0.4, -0.2) is 32.6 Å². The maximum atomic E-state index is 12.2. The first-order chi connectivity index (χ1) is 8.38. The normalized spacial score (nSPS) is 24.3. The van der Waals surface area contributed by atoms with Crippen molar-refractivity contribution < 1.29 is 9.53 Å². The molecule has 2 atom stereocenters. The summed E-state index contributed by atoms with van der Waals surface area (Å²) in [5.74, 6) is 0.838. The van der Waals surface area contributed by atoms with Gasteiger partial charge in [0.1, 0.15) is 11.4 Å². The Labute approximate surface area is 108 Å². The number of nitrogens with one attached hydrogen (secondary N) is 1. The van der Waals surface area contributed by atoms with Gasteiger partial charge in [0.15, 0.2) is 0 Å². The number of ether oxygens (including phenoxy) is 1. The topological polar surface area (TPSA) is 58.2 Å². The van der Waals surface area contributed by atoms with E-state index in [2.05, 4.69) is 9.97 Å². The molecule has 0 spiro atoms. The van der Waals surface area contributed by atoms with Crippen LogP contribution in [0.15, 0.2) is 12.4 Å². The lowest BCUT2D eigenvalue weighted by Crippen LogP contribution is -2.40. The van der Waals surface area contributed by atoms with Crippen LogP contribution >= 0.6 is 0 Å². The van der Waals surface area contributed by atoms with E-state index in [1.54, 1.807) is 17.3 Å². The third-order valence-electron chi connectivity index (χ3n) is 3.11. The largest absolute Gasteiger partial charge is 0.444 e. The lowest BCUT2D eigenvalue weighted by molar-refractivity contribution is 0.0152. The Morgan fingerprint density at radius 2 is 2.22 bits per heavy atom. The van der Waals surface area contributed by atoms with Gasteiger partial charge in [-0.2, -0.15) is 0 Å². The van der Waals surface area contributed by atoms with Crippen molar-refractivity contribution in [2.75, 3.05) is 0 Å². The molecule has 1 saturated heterocycles. The predicted octanol–water partition coefficient (Wildman–Crippen LogP) is 2.87. The van der Waals surface area contributed by atoms with Crippen LogP contribution in [0.5, 0.6) is 0 Å². The Bertz CT molecular complexity index is 408. The van der Waals surface area contributed by atoms with Crippen molar-refractivity contribution in [2.45, 2.75) is 58.2 Å². The van der Waals surface area contributed by atoms with E-state index in [9.17, 15) is 4.79 Å². The molecule has 2 heterocycles. The second-order valence-corrected chi connectivity index (χ2v) is 5.80. The van der Waals surface area contributed by atoms with Crippen LogP contribution in [0.4, 0.5) is 4.79 Å². The van der Waals surface area contributed by atoms with E-state index in [1.807, 2.05) is 27.7 Å². The quantitative estimate of drug-likeness (QED) is 0.835. The number of hydrogen-bond donors (Lipinski definition) is 1. The zero-order valence-electron chi connectivity index (χ0n) is 11.4. The first-order valence-electron chi connectivity index (χ1n) is 6.39. The Kier molecular flexibility index (Phi) is 3.32. The van der Waals surface area contributed by atoms with E-state index in [0.717, 1.165) is 18.7 Å². The predicted molar refractivity (Wildman–Crippen MR) is 68.1 cm³/mol. The Hall–Kier alpha value is -1.52. The molecular weight excluding hydrogens is 230 g/mol. The summed E-state index contributed by atoms with van der Waals surface area (Å²) in [6.07, 6.45) is 5.14. The van der Waals surface area contributed by atoms with E-state index in [0.29, 0.717) is 0 Å². The zero-order valence-corrected chi connectivity index (χ0v) is 11.4. The standard InChI is InChI=1S/C13H21N3O2/c1-9-5-6-10(11-14-7-8-15-11)16(9)12(17)18-13(2,3)4/h7-10H,5-6H2,1-4H3,(H,14,15)/t9-,10-/m0/s1. The molecule has 1 N–H and O–H groups in total. The Morgan fingerprint density at radius 1 is 1.50 bits per heavy atom. The molecule has 0 aliphatic carbocycles. The minimum Gasteiger partial charge on any atom is -0.444 e. The molecule has 0 saturated carbocycles. The summed E-state index contributed by atoms with van der Waals surface area (Å²) in [5, 5.41) is 0. The number of H-pyrrole nitrogens is 1. The van der Waals surface area contributed by atoms with E-state index < -0.39 is 5.60 Å². The molecule has 1 aromatic rings. The summed E-state index contributed by atoms with van der Waals surface area (Å²) in [7, 11) is 0. The van der Waals surface area contributed by atoms with Gasteiger partial charge in [-0.15, -0.1) is 0 Å². The molecule has 0 radical (unpaired) electrons. The maximum Gasteiger partial charge on any atom is 0.411 e. The summed E-state index contributed by atoms with van der Waals surface area (Å²) in [5.41, 5.74) is -0.465. The van der Waals surface area contributed by atoms with Crippen molar-refractivity contribution in [2.24, 2.45) is 0 Å². The van der Waals surface area contributed by atoms with Gasteiger partial charge in [-0.25, -0.2) is 9.78 Å². The number of aromatic amines is 1. The number of likely N-dealkylation sites (tertiary alicyclic amines) is 1. The Morgan fingerprint density at radius 3 is 2.78 bits per heavy atom. The van der Waals surface area contributed by atoms with Gasteiger partial charge in [-0.3, -0.25) is 4.90 Å². The molecule has 2 rings (SSSR count). The smallest absolute Gasteiger partial charge is 0.411 e. The van der Waals surface area contributed by atoms with Gasteiger partial charge >= 0.3 is 6.09 Å². The molecule has 5 heteroatoms. The molecule has 1 fully saturated rings. The van der Waals surface area contributed by atoms with Crippen LogP contribution in [0.3, 0.4) is 0 Å². The Balaban J connectivity index is 2.15. The maximum absolute atomic E-state index is 12.2. The summed E-state index contributed by atoms with van der Waals surface area (Å²) in [6, 6.07) is 0.194. The lowest BCUT2D eigenvalue weighted by Gasteiger charge is -2.30. The van der Waals surface area contributed by atoms with Gasteiger partial charge in [-0.05, 0) is 40.5 Å². The molecule has 5 nitrogen and oxygen atoms in total. The molecule has 0 bridgehead atoms. The first kappa shape index (κ1) is 12.9. The van der Waals surface area contributed by atoms with E-state index >= 15 is 0 Å². The highest BCUT2D eigenvalue weighted by Gasteiger charge is 2.38. The van der Waals surface area contributed by atoms with E-state index in [1.165, 1.54) is 0 Å². The number of rotatable bonds is 1. The molecule has 1 aliphatic rings. The van der Waals surface area contributed by atoms with E-state index in [4.69, 9.17) is 4.74 Å². The summed E-state index contributed by atoms with van der Waals surface area (Å²) in [6.45, 7) is 7.70. The van der Waals surface area contributed by atoms with Gasteiger partial charge in [0.25, 0.3) is 0 Å². The van der Waals surface area contributed by atoms with E-state index in [-0.39, 0.29) is 18.2 Å². The average Bonchev–Trinajstić information content (AvgIpc) is 2.82. The van der Waals surface area contributed by atoms with Gasteiger partial charge in [-0.1, -0.05) is 0 Å². The SMILES string of the molecule is C[C@H]1CC[C@@H](c2ncc[nH]2)N1C(=O)OC(C)(C)C. The van der Waals surface area contributed by atoms with Crippen molar-refractivity contribution in [1.29, 1.82) is 0 Å². The molecule has 100 valence electrons. The van der Waals surface area contributed by atoms with Crippen LogP contribution in [-0.2, 0) is 4.74 Å². The highest BCUT2D eigenvalue weighted by Crippen LogP contribution is 2.35. The van der Waals surface area contributed by atoms with Crippen LogP contribution in [0.1, 0.15) is 52.4 Å². The summed E-state index contributed by atoms with van der Waals surface area (Å²) >= 11 is 0. The second-order valence-electron chi connectivity index (χ2n) is 5.80. The van der Waals surface area contributed by atoms with Crippen molar-refractivity contribution in [3.8, 4) is 0 Å². The van der Waals surface area contributed by atoms with Gasteiger partial charge in [0.2, 0.25) is 0 Å². The number of imidazole rings is 1. The van der Waals surface area contributed by atoms with Crippen molar-refractivity contribution >= 4 is 6.09 Å². The van der Waals surface area contributed by atoms with Crippen molar-refractivity contribution in [3.63, 3.8) is 0 Å². The van der Waals surface area contributed by atoms with Crippen LogP contribution in [0, 0.1) is 0 Å². The highest BCUT2D eigenvalue weighted by atomic mass is 16.6. The number of amides is 1. The molecule has 1 aliphatic heterocycles. The third kappa shape index (κ3) is 2.66. The van der Waals surface area contributed by atoms with Gasteiger partial charge in [0, 0.05) is 18.4 Å². The minimum atomic E-state index is -0.465. The molecule has 18 heavy (non-hydrogen) atoms. The zero-order chi connectivity index (χ0) is 13.3. The van der Waals surface area contributed by atoms with Gasteiger partial charge < -0.3 is 9.72 Å². The van der Waals surface area contributed by atoms with Gasteiger partial charge in [0.05, 0.1) is 6.04 Å². The van der Waals surface area contributed by atoms with Crippen molar-refractivity contribution in [3.05, 3.63) is 18.2 Å². The fourth-order valence-electron chi connectivity index (χ4n) is 2.33. The minimum absolute atomic E-state index is 0.00449. The fourth-order valence-corrected chi connectivity index (χ4v) is 2.33. The molecular formula is C13H21N3O2. The van der Waals surface area contributed by atoms with Crippen LogP contribution in [0.25, 0.3) is 0 Å². The number of hydrogen-bond acceptors (Lipinski definition) is 3. The monoisotopic (exact) mass is 251 g/mol. The van der Waals surface area contributed by atoms with Crippen molar-refractivity contribution in [1.82, 2.24) is 14.9 Å². The summed E-state index contributed by atoms with van der Waals surface area (Å²) in [4.78, 5) is 21.4. The number of aromatic nitrogens is 2. The fraction of sp³-hybridized carbons (Fsp3) is 0.692. The molecule has 0 aromatic carbocycles. The third-order valence-corrected chi connectivity index (χ3v) is 3.11. The van der Waals surface area contributed by atoms with Crippen LogP contribution in [0.2, 0.25) is 0 Å². The lowest BCUT2D eigenvalue weighted by atomic mass is 10.2. The molecule has 1 amide bonds. The first-order valence-corrected chi connectivity index (χ1v) is 6.39. The number of carbonyl (C=O) groups excluding carboxylic acids is 1. The number of nitrogens with zero attached hydrogens (tertiary/aromatic N) is 2. The summed E-state index contributed by atoms with van der Waals surface area (Å²) < 4.78 is 5.47. The molecule has 0 unspecified atom stereocenters. The number of carbonyl (C=O) groups is 1. The highest BCUT2D eigenvalue weighted by molar-refractivity contribution is 5.69. The average molecular weight is 251 g/mol.